The molecule has 1 N–H and O–H groups in total. The van der Waals surface area contributed by atoms with Gasteiger partial charge >= 0.3 is 5.69 Å². The maximum absolute atomic E-state index is 11.4. The molecule has 0 bridgehead atoms. The van der Waals surface area contributed by atoms with Gasteiger partial charge in [-0.25, -0.2) is 9.97 Å². The van der Waals surface area contributed by atoms with Crippen LogP contribution in [0.1, 0.15) is 20.3 Å². The molecule has 8 heteroatoms. The average Bonchev–Trinajstić information content (AvgIpc) is 2.45. The Hall–Kier alpha value is -1.57. The highest BCUT2D eigenvalue weighted by molar-refractivity contribution is 7.99. The smallest absolute Gasteiger partial charge is 0.353 e. The number of nitrogens with zero attached hydrogens (tertiary/aromatic N) is 4. The van der Waals surface area contributed by atoms with Crippen molar-refractivity contribution < 1.29 is 4.92 Å². The van der Waals surface area contributed by atoms with Crippen LogP contribution in [-0.4, -0.2) is 45.5 Å². The highest BCUT2D eigenvalue weighted by Gasteiger charge is 2.30. The zero-order valence-corrected chi connectivity index (χ0v) is 12.5. The lowest BCUT2D eigenvalue weighted by Crippen LogP contribution is -2.41. The monoisotopic (exact) mass is 297 g/mol. The van der Waals surface area contributed by atoms with E-state index in [-0.39, 0.29) is 16.7 Å². The van der Waals surface area contributed by atoms with E-state index in [4.69, 9.17) is 0 Å². The number of rotatable bonds is 5. The Bertz CT molecular complexity index is 485. The molecule has 0 spiro atoms. The maximum atomic E-state index is 11.4. The van der Waals surface area contributed by atoms with E-state index < -0.39 is 0 Å². The predicted octanol–water partition coefficient (Wildman–Crippen LogP) is 2.15. The lowest BCUT2D eigenvalue weighted by atomic mass is 10.2. The largest absolute Gasteiger partial charge is 0.364 e. The van der Waals surface area contributed by atoms with Crippen molar-refractivity contribution in [3.63, 3.8) is 0 Å². The Morgan fingerprint density at radius 3 is 3.05 bits per heavy atom. The van der Waals surface area contributed by atoms with Gasteiger partial charge in [-0.1, -0.05) is 6.92 Å². The minimum atomic E-state index is -0.387. The SMILES string of the molecule is CCCNc1ncnc(N2CCSCC2C)c1[N+](=O)[O-]. The Morgan fingerprint density at radius 2 is 2.40 bits per heavy atom. The minimum Gasteiger partial charge on any atom is -0.364 e. The second kappa shape index (κ2) is 6.74. The van der Waals surface area contributed by atoms with Crippen LogP contribution in [0.2, 0.25) is 0 Å². The lowest BCUT2D eigenvalue weighted by molar-refractivity contribution is -0.383. The minimum absolute atomic E-state index is 0.0142. The van der Waals surface area contributed by atoms with Crippen molar-refractivity contribution >= 4 is 29.1 Å². The first-order valence-corrected chi connectivity index (χ1v) is 7.88. The summed E-state index contributed by atoms with van der Waals surface area (Å²) in [5.74, 6) is 2.66. The number of nitrogens with one attached hydrogen (secondary N) is 1. The highest BCUT2D eigenvalue weighted by Crippen LogP contribution is 2.34. The van der Waals surface area contributed by atoms with Crippen LogP contribution in [0.5, 0.6) is 0 Å². The molecule has 0 aromatic carbocycles. The van der Waals surface area contributed by atoms with Gasteiger partial charge in [-0.3, -0.25) is 10.1 Å². The van der Waals surface area contributed by atoms with Crippen LogP contribution in [0.4, 0.5) is 17.3 Å². The van der Waals surface area contributed by atoms with E-state index in [1.54, 1.807) is 0 Å². The first-order valence-electron chi connectivity index (χ1n) is 6.72. The van der Waals surface area contributed by atoms with Crippen LogP contribution in [-0.2, 0) is 0 Å². The summed E-state index contributed by atoms with van der Waals surface area (Å²) < 4.78 is 0. The molecule has 1 aromatic heterocycles. The van der Waals surface area contributed by atoms with Crippen LogP contribution in [0.3, 0.4) is 0 Å². The van der Waals surface area contributed by atoms with E-state index in [1.807, 2.05) is 23.6 Å². The van der Waals surface area contributed by atoms with Crippen LogP contribution in [0.15, 0.2) is 6.33 Å². The van der Waals surface area contributed by atoms with Gasteiger partial charge in [0.2, 0.25) is 11.6 Å². The Labute approximate surface area is 122 Å². The van der Waals surface area contributed by atoms with Gasteiger partial charge in [-0.15, -0.1) is 0 Å². The Kier molecular flexibility index (Phi) is 4.99. The Morgan fingerprint density at radius 1 is 1.60 bits per heavy atom. The summed E-state index contributed by atoms with van der Waals surface area (Å²) in [5, 5.41) is 14.4. The lowest BCUT2D eigenvalue weighted by Gasteiger charge is -2.33. The van der Waals surface area contributed by atoms with E-state index in [0.29, 0.717) is 18.2 Å². The fraction of sp³-hybridized carbons (Fsp3) is 0.667. The average molecular weight is 297 g/mol. The molecule has 0 saturated carbocycles. The maximum Gasteiger partial charge on any atom is 0.353 e. The van der Waals surface area contributed by atoms with Crippen molar-refractivity contribution in [3.05, 3.63) is 16.4 Å². The quantitative estimate of drug-likeness (QED) is 0.658. The fourth-order valence-corrected chi connectivity index (χ4v) is 3.18. The van der Waals surface area contributed by atoms with Crippen molar-refractivity contribution in [1.29, 1.82) is 0 Å². The molecular formula is C12H19N5O2S. The Balaban J connectivity index is 2.38. The predicted molar refractivity (Wildman–Crippen MR) is 81.6 cm³/mol. The van der Waals surface area contributed by atoms with Gasteiger partial charge in [0.1, 0.15) is 6.33 Å². The zero-order chi connectivity index (χ0) is 14.5. The first kappa shape index (κ1) is 14.8. The fourth-order valence-electron chi connectivity index (χ4n) is 2.16. The summed E-state index contributed by atoms with van der Waals surface area (Å²) in [6.45, 7) is 5.50. The van der Waals surface area contributed by atoms with Crippen molar-refractivity contribution in [1.82, 2.24) is 9.97 Å². The highest BCUT2D eigenvalue weighted by atomic mass is 32.2. The van der Waals surface area contributed by atoms with E-state index >= 15 is 0 Å². The molecule has 7 nitrogen and oxygen atoms in total. The van der Waals surface area contributed by atoms with Gasteiger partial charge in [0.15, 0.2) is 0 Å². The van der Waals surface area contributed by atoms with Gasteiger partial charge in [0.25, 0.3) is 0 Å². The van der Waals surface area contributed by atoms with Gasteiger partial charge in [0, 0.05) is 30.6 Å². The molecule has 2 rings (SSSR count). The van der Waals surface area contributed by atoms with Crippen LogP contribution in [0, 0.1) is 10.1 Å². The van der Waals surface area contributed by atoms with Crippen LogP contribution < -0.4 is 10.2 Å². The molecule has 0 amide bonds. The summed E-state index contributed by atoms with van der Waals surface area (Å²) in [7, 11) is 0. The summed E-state index contributed by atoms with van der Waals surface area (Å²) in [5.41, 5.74) is -0.0142. The number of aromatic nitrogens is 2. The third-order valence-corrected chi connectivity index (χ3v) is 4.36. The van der Waals surface area contributed by atoms with Crippen LogP contribution in [0.25, 0.3) is 0 Å². The molecule has 0 radical (unpaired) electrons. The molecule has 1 saturated heterocycles. The standard InChI is InChI=1S/C12H19N5O2S/c1-3-4-13-11-10(17(18)19)12(15-8-14-11)16-5-6-20-7-9(16)2/h8-9H,3-7H2,1-2H3,(H,13,14,15). The molecule has 1 fully saturated rings. The summed E-state index contributed by atoms with van der Waals surface area (Å²) >= 11 is 1.86. The second-order valence-electron chi connectivity index (χ2n) is 4.70. The molecule has 1 unspecified atom stereocenters. The van der Waals surface area contributed by atoms with E-state index in [0.717, 1.165) is 24.5 Å². The number of thioether (sulfide) groups is 1. The topological polar surface area (TPSA) is 84.2 Å². The van der Waals surface area contributed by atoms with Gasteiger partial charge in [-0.05, 0) is 13.3 Å². The number of nitro groups is 1. The van der Waals surface area contributed by atoms with E-state index in [2.05, 4.69) is 22.2 Å². The van der Waals surface area contributed by atoms with Crippen molar-refractivity contribution in [2.45, 2.75) is 26.3 Å². The normalized spacial score (nSPS) is 18.9. The number of anilines is 2. The molecular weight excluding hydrogens is 278 g/mol. The van der Waals surface area contributed by atoms with Crippen LogP contribution >= 0.6 is 11.8 Å². The van der Waals surface area contributed by atoms with E-state index in [9.17, 15) is 10.1 Å². The molecule has 2 heterocycles. The zero-order valence-electron chi connectivity index (χ0n) is 11.7. The van der Waals surface area contributed by atoms with Crippen molar-refractivity contribution in [3.8, 4) is 0 Å². The third kappa shape index (κ3) is 3.12. The summed E-state index contributed by atoms with van der Waals surface area (Å²) in [6.07, 6.45) is 2.28. The molecule has 1 aliphatic heterocycles. The summed E-state index contributed by atoms with van der Waals surface area (Å²) in [4.78, 5) is 21.2. The molecule has 110 valence electrons. The summed E-state index contributed by atoms with van der Waals surface area (Å²) in [6, 6.07) is 0.237. The van der Waals surface area contributed by atoms with E-state index in [1.165, 1.54) is 6.33 Å². The molecule has 0 aliphatic carbocycles. The molecule has 20 heavy (non-hydrogen) atoms. The molecule has 1 aliphatic rings. The van der Waals surface area contributed by atoms with Gasteiger partial charge in [-0.2, -0.15) is 11.8 Å². The van der Waals surface area contributed by atoms with Crippen molar-refractivity contribution in [2.24, 2.45) is 0 Å². The first-order chi connectivity index (χ1) is 9.65. The number of hydrogen-bond acceptors (Lipinski definition) is 7. The van der Waals surface area contributed by atoms with Gasteiger partial charge in [0.05, 0.1) is 4.92 Å². The third-order valence-electron chi connectivity index (χ3n) is 3.17. The second-order valence-corrected chi connectivity index (χ2v) is 5.85. The molecule has 1 atom stereocenters. The number of hydrogen-bond donors (Lipinski definition) is 1. The van der Waals surface area contributed by atoms with Gasteiger partial charge < -0.3 is 10.2 Å². The van der Waals surface area contributed by atoms with Crippen molar-refractivity contribution in [2.75, 3.05) is 34.8 Å². The molecule has 1 aromatic rings.